The van der Waals surface area contributed by atoms with Crippen LogP contribution >= 0.6 is 11.3 Å². The van der Waals surface area contributed by atoms with Crippen LogP contribution in [0.1, 0.15) is 0 Å². The lowest BCUT2D eigenvalue weighted by atomic mass is 9.95. The van der Waals surface area contributed by atoms with E-state index in [-0.39, 0.29) is 0 Å². The Kier molecular flexibility index (Phi) is 7.06. The molecule has 0 spiro atoms. The molecule has 266 valence electrons. The van der Waals surface area contributed by atoms with Crippen LogP contribution in [-0.4, -0.2) is 19.1 Å². The van der Waals surface area contributed by atoms with Gasteiger partial charge in [0.2, 0.25) is 0 Å². The van der Waals surface area contributed by atoms with Gasteiger partial charge in [0.25, 0.3) is 0 Å². The van der Waals surface area contributed by atoms with Crippen molar-refractivity contribution < 1.29 is 0 Å². The minimum absolute atomic E-state index is 0.721. The molecule has 8 aromatic carbocycles. The molecular formula is C52H32N4S. The zero-order valence-electron chi connectivity index (χ0n) is 30.7. The highest BCUT2D eigenvalue weighted by Crippen LogP contribution is 2.40. The number of rotatable bonds is 5. The first-order valence-electron chi connectivity index (χ1n) is 19.2. The minimum Gasteiger partial charge on any atom is -0.309 e. The van der Waals surface area contributed by atoms with E-state index in [2.05, 4.69) is 197 Å². The van der Waals surface area contributed by atoms with Crippen LogP contribution in [0.25, 0.3) is 109 Å². The van der Waals surface area contributed by atoms with Crippen LogP contribution in [0.15, 0.2) is 194 Å². The van der Waals surface area contributed by atoms with Gasteiger partial charge in [-0.15, -0.1) is 11.3 Å². The fourth-order valence-corrected chi connectivity index (χ4v) is 9.84. The molecule has 4 nitrogen and oxygen atoms in total. The molecule has 0 unspecified atom stereocenters. The second kappa shape index (κ2) is 12.6. The first-order chi connectivity index (χ1) is 28.3. The van der Waals surface area contributed by atoms with Crippen molar-refractivity contribution in [3.05, 3.63) is 194 Å². The third-order valence-electron chi connectivity index (χ3n) is 11.4. The maximum Gasteiger partial charge on any atom is 0.160 e. The van der Waals surface area contributed by atoms with Gasteiger partial charge in [0, 0.05) is 54.8 Å². The molecule has 12 aromatic rings. The highest BCUT2D eigenvalue weighted by Gasteiger charge is 2.17. The van der Waals surface area contributed by atoms with Gasteiger partial charge < -0.3 is 9.13 Å². The van der Waals surface area contributed by atoms with Gasteiger partial charge in [0.05, 0.1) is 32.3 Å². The molecule has 12 rings (SSSR count). The van der Waals surface area contributed by atoms with E-state index < -0.39 is 0 Å². The summed E-state index contributed by atoms with van der Waals surface area (Å²) in [5.74, 6) is 0.721. The fourth-order valence-electron chi connectivity index (χ4n) is 8.84. The number of aromatic nitrogens is 4. The normalized spacial score (nSPS) is 11.9. The van der Waals surface area contributed by atoms with Gasteiger partial charge in [0.15, 0.2) is 5.82 Å². The molecule has 57 heavy (non-hydrogen) atoms. The zero-order valence-corrected chi connectivity index (χ0v) is 31.5. The van der Waals surface area contributed by atoms with E-state index in [1.165, 1.54) is 48.3 Å². The third-order valence-corrected chi connectivity index (χ3v) is 12.5. The zero-order chi connectivity index (χ0) is 37.5. The molecule has 4 heterocycles. The van der Waals surface area contributed by atoms with Crippen LogP contribution in [0.3, 0.4) is 0 Å². The first-order valence-corrected chi connectivity index (χ1v) is 20.1. The highest BCUT2D eigenvalue weighted by atomic mass is 32.1. The van der Waals surface area contributed by atoms with Crippen LogP contribution in [-0.2, 0) is 0 Å². The van der Waals surface area contributed by atoms with Gasteiger partial charge in [0.1, 0.15) is 0 Å². The van der Waals surface area contributed by atoms with Crippen molar-refractivity contribution in [3.63, 3.8) is 0 Å². The summed E-state index contributed by atoms with van der Waals surface area (Å²) in [6, 6.07) is 67.6. The monoisotopic (exact) mass is 744 g/mol. The fraction of sp³-hybridized carbons (Fsp3) is 0. The molecule has 5 heteroatoms. The van der Waals surface area contributed by atoms with Crippen molar-refractivity contribution in [1.29, 1.82) is 0 Å². The minimum atomic E-state index is 0.721. The molecule has 0 bridgehead atoms. The number of hydrogen-bond acceptors (Lipinski definition) is 3. The van der Waals surface area contributed by atoms with Crippen molar-refractivity contribution in [2.75, 3.05) is 0 Å². The van der Waals surface area contributed by atoms with Crippen LogP contribution in [0.4, 0.5) is 0 Å². The Hall–Kier alpha value is -7.34. The predicted octanol–water partition coefficient (Wildman–Crippen LogP) is 14.0. The van der Waals surface area contributed by atoms with E-state index in [1.807, 2.05) is 6.20 Å². The molecule has 0 radical (unpaired) electrons. The summed E-state index contributed by atoms with van der Waals surface area (Å²) in [4.78, 5) is 10.3. The van der Waals surface area contributed by atoms with Crippen molar-refractivity contribution in [2.24, 2.45) is 0 Å². The van der Waals surface area contributed by atoms with Crippen LogP contribution in [0, 0.1) is 0 Å². The molecule has 0 atom stereocenters. The average Bonchev–Trinajstić information content (AvgIpc) is 3.94. The summed E-state index contributed by atoms with van der Waals surface area (Å²) in [6.45, 7) is 0. The second-order valence-corrected chi connectivity index (χ2v) is 15.7. The Labute approximate surface area is 332 Å². The van der Waals surface area contributed by atoms with Crippen LogP contribution < -0.4 is 0 Å². The van der Waals surface area contributed by atoms with Gasteiger partial charge in [-0.2, -0.15) is 0 Å². The summed E-state index contributed by atoms with van der Waals surface area (Å²) >= 11 is 1.74. The lowest BCUT2D eigenvalue weighted by Crippen LogP contribution is -1.94. The Morgan fingerprint density at radius 1 is 0.368 bits per heavy atom. The van der Waals surface area contributed by atoms with Crippen molar-refractivity contribution in [1.82, 2.24) is 19.1 Å². The second-order valence-electron chi connectivity index (χ2n) is 14.6. The lowest BCUT2D eigenvalue weighted by molar-refractivity contribution is 1.18. The van der Waals surface area contributed by atoms with E-state index in [1.54, 1.807) is 11.3 Å². The lowest BCUT2D eigenvalue weighted by Gasteiger charge is -2.13. The summed E-state index contributed by atoms with van der Waals surface area (Å²) in [6.07, 6.45) is 2.00. The van der Waals surface area contributed by atoms with Crippen LogP contribution in [0.2, 0.25) is 0 Å². The molecule has 0 saturated carbocycles. The summed E-state index contributed by atoms with van der Waals surface area (Å²) in [5.41, 5.74) is 13.6. The van der Waals surface area contributed by atoms with Crippen molar-refractivity contribution >= 4 is 75.3 Å². The molecule has 0 amide bonds. The third kappa shape index (κ3) is 4.99. The summed E-state index contributed by atoms with van der Waals surface area (Å²) in [5, 5.41) is 6.17. The van der Waals surface area contributed by atoms with Crippen molar-refractivity contribution in [3.8, 4) is 45.0 Å². The molecule has 0 aliphatic carbocycles. The van der Waals surface area contributed by atoms with E-state index in [4.69, 9.17) is 9.97 Å². The first kappa shape index (κ1) is 32.0. The van der Waals surface area contributed by atoms with E-state index in [0.29, 0.717) is 0 Å². The van der Waals surface area contributed by atoms with Gasteiger partial charge >= 0.3 is 0 Å². The van der Waals surface area contributed by atoms with Gasteiger partial charge in [-0.05, 0) is 82.9 Å². The van der Waals surface area contributed by atoms with Gasteiger partial charge in [-0.3, -0.25) is 0 Å². The van der Waals surface area contributed by atoms with Crippen LogP contribution in [0.5, 0.6) is 0 Å². The molecule has 0 aliphatic heterocycles. The van der Waals surface area contributed by atoms with E-state index in [0.717, 1.165) is 60.6 Å². The largest absolute Gasteiger partial charge is 0.309 e. The van der Waals surface area contributed by atoms with Crippen molar-refractivity contribution in [2.45, 2.75) is 0 Å². The summed E-state index contributed by atoms with van der Waals surface area (Å²) in [7, 11) is 0. The quantitative estimate of drug-likeness (QED) is 0.176. The Morgan fingerprint density at radius 3 is 1.51 bits per heavy atom. The SMILES string of the molecule is c1cc(-c2cccc(-n3c4ccccc4c4ccccc43)c2)cc(-c2ccccc2-c2ncc3sc4ccc(-n5c6ccccc6c6ccccc65)cc4c3n2)c1. The predicted molar refractivity (Wildman–Crippen MR) is 240 cm³/mol. The number of thiophene rings is 1. The molecular weight excluding hydrogens is 713 g/mol. The topological polar surface area (TPSA) is 35.6 Å². The number of benzene rings is 8. The summed E-state index contributed by atoms with van der Waals surface area (Å²) < 4.78 is 7.03. The smallest absolute Gasteiger partial charge is 0.160 e. The average molecular weight is 745 g/mol. The highest BCUT2D eigenvalue weighted by molar-refractivity contribution is 7.25. The molecule has 4 aromatic heterocycles. The van der Waals surface area contributed by atoms with E-state index >= 15 is 0 Å². The number of nitrogens with zero attached hydrogens (tertiary/aromatic N) is 4. The Bertz CT molecular complexity index is 3440. The number of para-hydroxylation sites is 4. The van der Waals surface area contributed by atoms with Gasteiger partial charge in [-0.25, -0.2) is 9.97 Å². The standard InChI is InChI=1S/C52H32N4S/c1-2-22-43(52-53-32-50-51(54-52)44-31-37(27-28-49(44)57-50)56-47-25-9-5-20-41(47)42-21-6-10-26-48(42)56)38(17-1)35-15-11-13-33(29-35)34-14-12-16-36(30-34)55-45-23-7-3-18-39(45)40-19-4-8-24-46(40)55/h1-32H. The Balaban J connectivity index is 0.956. The number of fused-ring (bicyclic) bond motifs is 9. The van der Waals surface area contributed by atoms with Gasteiger partial charge in [-0.1, -0.05) is 127 Å². The molecule has 0 fully saturated rings. The Morgan fingerprint density at radius 2 is 0.877 bits per heavy atom. The molecule has 0 N–H and O–H groups in total. The number of hydrogen-bond donors (Lipinski definition) is 0. The molecule has 0 aliphatic rings. The van der Waals surface area contributed by atoms with E-state index in [9.17, 15) is 0 Å². The maximum atomic E-state index is 5.32. The maximum absolute atomic E-state index is 5.32. The molecule has 0 saturated heterocycles.